The third-order valence-corrected chi connectivity index (χ3v) is 3.08. The monoisotopic (exact) mass is 326 g/mol. The molecule has 1 N–H and O–H groups in total. The molecule has 2 aromatic carbocycles. The Balaban J connectivity index is 2.36. The van der Waals surface area contributed by atoms with E-state index in [0.29, 0.717) is 17.5 Å². The highest BCUT2D eigenvalue weighted by molar-refractivity contribution is 5.72. The number of hydrogen-bond donors (Lipinski definition) is 1. The van der Waals surface area contributed by atoms with E-state index in [1.54, 1.807) is 24.3 Å². The fraction of sp³-hybridized carbons (Fsp3) is 0.294. The third kappa shape index (κ3) is 5.17. The van der Waals surface area contributed by atoms with Gasteiger partial charge in [0.15, 0.2) is 0 Å². The lowest BCUT2D eigenvalue weighted by molar-refractivity contribution is -0.274. The fourth-order valence-electron chi connectivity index (χ4n) is 2.11. The molecule has 0 fully saturated rings. The van der Waals surface area contributed by atoms with Gasteiger partial charge in [0.05, 0.1) is 6.61 Å². The molecule has 23 heavy (non-hydrogen) atoms. The van der Waals surface area contributed by atoms with E-state index < -0.39 is 6.36 Å². The fourth-order valence-corrected chi connectivity index (χ4v) is 2.11. The molecule has 0 saturated carbocycles. The molecule has 2 aromatic rings. The Bertz CT molecular complexity index is 654. The summed E-state index contributed by atoms with van der Waals surface area (Å²) in [7, 11) is 0. The summed E-state index contributed by atoms with van der Waals surface area (Å²) in [6, 6.07) is 11.5. The van der Waals surface area contributed by atoms with Crippen molar-refractivity contribution in [2.45, 2.75) is 19.7 Å². The molecule has 0 bridgehead atoms. The second-order valence-electron chi connectivity index (χ2n) is 5.00. The molecule has 0 aliphatic rings. The molecule has 6 heteroatoms. The summed E-state index contributed by atoms with van der Waals surface area (Å²) in [4.78, 5) is 0. The summed E-state index contributed by atoms with van der Waals surface area (Å²) in [5.41, 5.74) is 1.90. The Morgan fingerprint density at radius 3 is 2.52 bits per heavy atom. The minimum Gasteiger partial charge on any atom is -0.493 e. The lowest BCUT2D eigenvalue weighted by Gasteiger charge is -2.15. The molecular formula is C17H17F3O3. The zero-order chi connectivity index (χ0) is 16.9. The lowest BCUT2D eigenvalue weighted by atomic mass is 10.0. The van der Waals surface area contributed by atoms with Gasteiger partial charge in [-0.05, 0) is 24.6 Å². The maximum atomic E-state index is 12.7. The Kier molecular flexibility index (Phi) is 5.50. The highest BCUT2D eigenvalue weighted by Crippen LogP contribution is 2.37. The first kappa shape index (κ1) is 17.1. The number of halogens is 3. The van der Waals surface area contributed by atoms with Crippen molar-refractivity contribution in [2.75, 3.05) is 13.2 Å². The van der Waals surface area contributed by atoms with Gasteiger partial charge in [0.25, 0.3) is 0 Å². The van der Waals surface area contributed by atoms with Crippen LogP contribution in [0.3, 0.4) is 0 Å². The molecule has 0 heterocycles. The van der Waals surface area contributed by atoms with Crippen molar-refractivity contribution in [2.24, 2.45) is 0 Å². The van der Waals surface area contributed by atoms with Gasteiger partial charge in [-0.1, -0.05) is 29.8 Å². The molecule has 124 valence electrons. The smallest absolute Gasteiger partial charge is 0.493 e. The summed E-state index contributed by atoms with van der Waals surface area (Å²) in [5, 5.41) is 8.72. The Labute approximate surface area is 132 Å². The van der Waals surface area contributed by atoms with Gasteiger partial charge >= 0.3 is 6.36 Å². The highest BCUT2D eigenvalue weighted by Gasteiger charge is 2.32. The van der Waals surface area contributed by atoms with Crippen LogP contribution in [-0.2, 0) is 0 Å². The lowest BCUT2D eigenvalue weighted by Crippen LogP contribution is -2.17. The number of alkyl halides is 3. The molecule has 0 atom stereocenters. The van der Waals surface area contributed by atoms with E-state index in [4.69, 9.17) is 9.84 Å². The van der Waals surface area contributed by atoms with Crippen LogP contribution in [0.4, 0.5) is 13.2 Å². The zero-order valence-corrected chi connectivity index (χ0v) is 12.6. The number of aryl methyl sites for hydroxylation is 1. The van der Waals surface area contributed by atoms with Crippen LogP contribution >= 0.6 is 0 Å². The van der Waals surface area contributed by atoms with Gasteiger partial charge in [-0.3, -0.25) is 0 Å². The van der Waals surface area contributed by atoms with E-state index in [1.165, 1.54) is 12.1 Å². The Morgan fingerprint density at radius 1 is 1.09 bits per heavy atom. The van der Waals surface area contributed by atoms with E-state index in [1.807, 2.05) is 13.0 Å². The predicted octanol–water partition coefficient (Wildman–Crippen LogP) is 4.32. The first-order chi connectivity index (χ1) is 10.9. The summed E-state index contributed by atoms with van der Waals surface area (Å²) in [6.07, 6.45) is -4.39. The van der Waals surface area contributed by atoms with Crippen molar-refractivity contribution in [1.29, 1.82) is 0 Å². The molecule has 2 rings (SSSR count). The van der Waals surface area contributed by atoms with Crippen LogP contribution in [0.2, 0.25) is 0 Å². The topological polar surface area (TPSA) is 38.7 Å². The number of aliphatic hydroxyl groups excluding tert-OH is 1. The normalized spacial score (nSPS) is 11.3. The van der Waals surface area contributed by atoms with Gasteiger partial charge in [-0.25, -0.2) is 0 Å². The minimum absolute atomic E-state index is 0.0483. The van der Waals surface area contributed by atoms with Crippen LogP contribution in [0.25, 0.3) is 11.1 Å². The van der Waals surface area contributed by atoms with Crippen molar-refractivity contribution >= 4 is 0 Å². The van der Waals surface area contributed by atoms with E-state index in [9.17, 15) is 13.2 Å². The molecular weight excluding hydrogens is 309 g/mol. The molecule has 0 aliphatic heterocycles. The second-order valence-corrected chi connectivity index (χ2v) is 5.00. The summed E-state index contributed by atoms with van der Waals surface area (Å²) in [6.45, 7) is 2.03. The SMILES string of the molecule is Cc1cccc(-c2ccc(OCCCO)cc2OC(F)(F)F)c1. The number of rotatable bonds is 6. The minimum atomic E-state index is -4.79. The number of benzene rings is 2. The van der Waals surface area contributed by atoms with E-state index in [-0.39, 0.29) is 24.7 Å². The van der Waals surface area contributed by atoms with Crippen molar-refractivity contribution in [1.82, 2.24) is 0 Å². The van der Waals surface area contributed by atoms with Gasteiger partial charge in [-0.2, -0.15) is 0 Å². The van der Waals surface area contributed by atoms with Gasteiger partial charge in [0.1, 0.15) is 11.5 Å². The molecule has 0 aliphatic carbocycles. The Morgan fingerprint density at radius 2 is 1.87 bits per heavy atom. The van der Waals surface area contributed by atoms with Crippen molar-refractivity contribution in [3.63, 3.8) is 0 Å². The van der Waals surface area contributed by atoms with Gasteiger partial charge in [0.2, 0.25) is 0 Å². The van der Waals surface area contributed by atoms with Crippen LogP contribution in [0.15, 0.2) is 42.5 Å². The second kappa shape index (κ2) is 7.37. The van der Waals surface area contributed by atoms with Crippen molar-refractivity contribution in [3.05, 3.63) is 48.0 Å². The van der Waals surface area contributed by atoms with Crippen LogP contribution < -0.4 is 9.47 Å². The summed E-state index contributed by atoms with van der Waals surface area (Å²) >= 11 is 0. The largest absolute Gasteiger partial charge is 0.573 e. The molecule has 0 radical (unpaired) electrons. The molecule has 0 amide bonds. The maximum Gasteiger partial charge on any atom is 0.573 e. The van der Waals surface area contributed by atoms with Crippen LogP contribution in [0, 0.1) is 6.92 Å². The average Bonchev–Trinajstić information content (AvgIpc) is 2.46. The molecule has 3 nitrogen and oxygen atoms in total. The zero-order valence-electron chi connectivity index (χ0n) is 12.6. The summed E-state index contributed by atoms with van der Waals surface area (Å²) in [5.74, 6) is -0.0568. The first-order valence-electron chi connectivity index (χ1n) is 7.09. The molecule has 0 spiro atoms. The maximum absolute atomic E-state index is 12.7. The van der Waals surface area contributed by atoms with Crippen LogP contribution in [0.5, 0.6) is 11.5 Å². The quantitative estimate of drug-likeness (QED) is 0.804. The number of ether oxygens (including phenoxy) is 2. The van der Waals surface area contributed by atoms with E-state index >= 15 is 0 Å². The van der Waals surface area contributed by atoms with Crippen molar-refractivity contribution in [3.8, 4) is 22.6 Å². The number of aliphatic hydroxyl groups is 1. The van der Waals surface area contributed by atoms with Crippen LogP contribution in [0.1, 0.15) is 12.0 Å². The first-order valence-corrected chi connectivity index (χ1v) is 7.09. The van der Waals surface area contributed by atoms with E-state index in [0.717, 1.165) is 5.56 Å². The van der Waals surface area contributed by atoms with Crippen LogP contribution in [-0.4, -0.2) is 24.7 Å². The van der Waals surface area contributed by atoms with Gasteiger partial charge < -0.3 is 14.6 Å². The molecule has 0 aromatic heterocycles. The van der Waals surface area contributed by atoms with Gasteiger partial charge in [-0.15, -0.1) is 13.2 Å². The average molecular weight is 326 g/mol. The Hall–Kier alpha value is -2.21. The highest BCUT2D eigenvalue weighted by atomic mass is 19.4. The van der Waals surface area contributed by atoms with Gasteiger partial charge in [0, 0.05) is 24.7 Å². The molecule has 0 unspecified atom stereocenters. The predicted molar refractivity (Wildman–Crippen MR) is 80.5 cm³/mol. The number of hydrogen-bond acceptors (Lipinski definition) is 3. The van der Waals surface area contributed by atoms with E-state index in [2.05, 4.69) is 4.74 Å². The van der Waals surface area contributed by atoms with Crippen molar-refractivity contribution < 1.29 is 27.8 Å². The third-order valence-electron chi connectivity index (χ3n) is 3.08. The standard InChI is InChI=1S/C17H17F3O3/c1-12-4-2-5-13(10-12)15-7-6-14(22-9-3-8-21)11-16(15)23-17(18,19)20/h2,4-7,10-11,21H,3,8-9H2,1H3. The molecule has 0 saturated heterocycles. The summed E-state index contributed by atoms with van der Waals surface area (Å²) < 4.78 is 47.4.